The predicted molar refractivity (Wildman–Crippen MR) is 71.8 cm³/mol. The van der Waals surface area contributed by atoms with Gasteiger partial charge in [0, 0.05) is 6.54 Å². The molecule has 5 nitrogen and oxygen atoms in total. The number of nitrogens with zero attached hydrogens (tertiary/aromatic N) is 2. The van der Waals surface area contributed by atoms with E-state index in [1.807, 2.05) is 31.2 Å². The second-order valence-corrected chi connectivity index (χ2v) is 4.94. The van der Waals surface area contributed by atoms with Gasteiger partial charge in [-0.2, -0.15) is 4.99 Å². The van der Waals surface area contributed by atoms with Gasteiger partial charge in [-0.05, 0) is 17.5 Å². The third kappa shape index (κ3) is 1.58. The third-order valence-electron chi connectivity index (χ3n) is 3.81. The van der Waals surface area contributed by atoms with Gasteiger partial charge in [-0.3, -0.25) is 0 Å². The Morgan fingerprint density at radius 2 is 2.26 bits per heavy atom. The SMILES string of the molecule is CCCN1C(=O)N=C(N)C12COCc1ccccc12. The van der Waals surface area contributed by atoms with Crippen LogP contribution in [0.3, 0.4) is 0 Å². The van der Waals surface area contributed by atoms with Gasteiger partial charge in [0.05, 0.1) is 13.2 Å². The molecule has 3 rings (SSSR count). The highest BCUT2D eigenvalue weighted by Gasteiger charge is 2.52. The average Bonchev–Trinajstić information content (AvgIpc) is 2.65. The molecule has 0 aliphatic carbocycles. The zero-order valence-electron chi connectivity index (χ0n) is 10.9. The number of ether oxygens (including phenoxy) is 1. The van der Waals surface area contributed by atoms with E-state index in [1.165, 1.54) is 0 Å². The monoisotopic (exact) mass is 259 g/mol. The van der Waals surface area contributed by atoms with Crippen molar-refractivity contribution >= 4 is 11.9 Å². The molecule has 0 radical (unpaired) electrons. The van der Waals surface area contributed by atoms with Crippen LogP contribution in [0, 0.1) is 0 Å². The van der Waals surface area contributed by atoms with E-state index in [4.69, 9.17) is 10.5 Å². The quantitative estimate of drug-likeness (QED) is 0.877. The summed E-state index contributed by atoms with van der Waals surface area (Å²) >= 11 is 0. The highest BCUT2D eigenvalue weighted by Crippen LogP contribution is 2.39. The summed E-state index contributed by atoms with van der Waals surface area (Å²) < 4.78 is 5.67. The molecule has 2 heterocycles. The van der Waals surface area contributed by atoms with Crippen molar-refractivity contribution in [2.75, 3.05) is 13.2 Å². The van der Waals surface area contributed by atoms with Crippen molar-refractivity contribution in [3.63, 3.8) is 0 Å². The zero-order valence-corrected chi connectivity index (χ0v) is 10.9. The van der Waals surface area contributed by atoms with E-state index in [2.05, 4.69) is 4.99 Å². The smallest absolute Gasteiger partial charge is 0.346 e. The summed E-state index contributed by atoms with van der Waals surface area (Å²) in [5, 5.41) is 0. The molecule has 5 heteroatoms. The number of carbonyl (C=O) groups excluding carboxylic acids is 1. The maximum atomic E-state index is 12.1. The highest BCUT2D eigenvalue weighted by molar-refractivity contribution is 6.06. The fourth-order valence-corrected chi connectivity index (χ4v) is 2.94. The standard InChI is InChI=1S/C14H17N3O2/c1-2-7-17-13(18)16-12(15)14(17)9-19-8-10-5-3-4-6-11(10)14/h3-6H,2,7-9H2,1H3,(H2,15,16,18). The first-order valence-electron chi connectivity index (χ1n) is 6.52. The molecule has 0 aromatic heterocycles. The van der Waals surface area contributed by atoms with E-state index >= 15 is 0 Å². The maximum Gasteiger partial charge on any atom is 0.346 e. The van der Waals surface area contributed by atoms with Crippen LogP contribution in [0.5, 0.6) is 0 Å². The Labute approximate surface area is 112 Å². The summed E-state index contributed by atoms with van der Waals surface area (Å²) in [5.41, 5.74) is 7.49. The first kappa shape index (κ1) is 12.2. The van der Waals surface area contributed by atoms with E-state index < -0.39 is 5.54 Å². The number of fused-ring (bicyclic) bond motifs is 2. The first-order chi connectivity index (χ1) is 9.20. The Balaban J connectivity index is 2.17. The van der Waals surface area contributed by atoms with Gasteiger partial charge >= 0.3 is 6.03 Å². The summed E-state index contributed by atoms with van der Waals surface area (Å²) in [6, 6.07) is 7.69. The van der Waals surface area contributed by atoms with Gasteiger partial charge in [0.1, 0.15) is 5.84 Å². The molecule has 1 aromatic carbocycles. The molecule has 1 aromatic rings. The number of nitrogens with two attached hydrogens (primary N) is 1. The van der Waals surface area contributed by atoms with Gasteiger partial charge in [0.15, 0.2) is 5.54 Å². The second-order valence-electron chi connectivity index (χ2n) is 4.94. The zero-order chi connectivity index (χ0) is 13.5. The Morgan fingerprint density at radius 1 is 1.47 bits per heavy atom. The molecule has 19 heavy (non-hydrogen) atoms. The van der Waals surface area contributed by atoms with Crippen LogP contribution in [0.25, 0.3) is 0 Å². The number of rotatable bonds is 2. The lowest BCUT2D eigenvalue weighted by atomic mass is 9.83. The van der Waals surface area contributed by atoms with Gasteiger partial charge in [-0.1, -0.05) is 31.2 Å². The average molecular weight is 259 g/mol. The fourth-order valence-electron chi connectivity index (χ4n) is 2.94. The van der Waals surface area contributed by atoms with Gasteiger partial charge in [0.25, 0.3) is 0 Å². The first-order valence-corrected chi connectivity index (χ1v) is 6.52. The maximum absolute atomic E-state index is 12.1. The van der Waals surface area contributed by atoms with Crippen molar-refractivity contribution in [3.05, 3.63) is 35.4 Å². The molecule has 0 bridgehead atoms. The van der Waals surface area contributed by atoms with Crippen molar-refractivity contribution in [3.8, 4) is 0 Å². The normalized spacial score (nSPS) is 25.6. The van der Waals surface area contributed by atoms with E-state index in [9.17, 15) is 4.79 Å². The van der Waals surface area contributed by atoms with Crippen LogP contribution in [0.15, 0.2) is 29.3 Å². The van der Waals surface area contributed by atoms with Crippen molar-refractivity contribution in [2.24, 2.45) is 10.7 Å². The Kier molecular flexibility index (Phi) is 2.78. The van der Waals surface area contributed by atoms with E-state index in [0.717, 1.165) is 17.5 Å². The van der Waals surface area contributed by atoms with Crippen molar-refractivity contribution in [1.82, 2.24) is 4.90 Å². The molecule has 1 spiro atoms. The number of amides is 2. The molecule has 1 atom stereocenters. The minimum atomic E-state index is -0.706. The van der Waals surface area contributed by atoms with E-state index in [0.29, 0.717) is 25.6 Å². The Bertz CT molecular complexity index is 555. The highest BCUT2D eigenvalue weighted by atomic mass is 16.5. The Morgan fingerprint density at radius 3 is 3.05 bits per heavy atom. The summed E-state index contributed by atoms with van der Waals surface area (Å²) in [5.74, 6) is 0.345. The topological polar surface area (TPSA) is 67.9 Å². The predicted octanol–water partition coefficient (Wildman–Crippen LogP) is 1.61. The minimum absolute atomic E-state index is 0.264. The number of hydrogen-bond donors (Lipinski definition) is 1. The number of urea groups is 1. The van der Waals surface area contributed by atoms with Gasteiger partial charge in [0.2, 0.25) is 0 Å². The summed E-state index contributed by atoms with van der Waals surface area (Å²) in [4.78, 5) is 17.8. The summed E-state index contributed by atoms with van der Waals surface area (Å²) in [7, 11) is 0. The number of carbonyl (C=O) groups is 1. The van der Waals surface area contributed by atoms with Crippen molar-refractivity contribution in [1.29, 1.82) is 0 Å². The lowest BCUT2D eigenvalue weighted by Crippen LogP contribution is -2.56. The van der Waals surface area contributed by atoms with Crippen molar-refractivity contribution < 1.29 is 9.53 Å². The molecule has 2 aliphatic rings. The molecular formula is C14H17N3O2. The lowest BCUT2D eigenvalue weighted by molar-refractivity contribution is 0.0241. The van der Waals surface area contributed by atoms with E-state index in [-0.39, 0.29) is 6.03 Å². The number of hydrogen-bond acceptors (Lipinski definition) is 3. The molecule has 0 fully saturated rings. The lowest BCUT2D eigenvalue weighted by Gasteiger charge is -2.41. The van der Waals surface area contributed by atoms with Crippen LogP contribution in [0.4, 0.5) is 4.79 Å². The molecule has 100 valence electrons. The number of amidine groups is 1. The minimum Gasteiger partial charge on any atom is -0.385 e. The number of benzene rings is 1. The van der Waals surface area contributed by atoms with Gasteiger partial charge in [-0.15, -0.1) is 0 Å². The molecule has 2 amide bonds. The van der Waals surface area contributed by atoms with Crippen LogP contribution >= 0.6 is 0 Å². The molecule has 0 saturated carbocycles. The molecular weight excluding hydrogens is 242 g/mol. The van der Waals surface area contributed by atoms with Crippen LogP contribution in [-0.4, -0.2) is 29.9 Å². The molecule has 2 aliphatic heterocycles. The third-order valence-corrected chi connectivity index (χ3v) is 3.81. The number of aliphatic imine (C=N–C) groups is 1. The van der Waals surface area contributed by atoms with Gasteiger partial charge < -0.3 is 15.4 Å². The van der Waals surface area contributed by atoms with Crippen LogP contribution in [-0.2, 0) is 16.9 Å². The van der Waals surface area contributed by atoms with Crippen LogP contribution in [0.1, 0.15) is 24.5 Å². The summed E-state index contributed by atoms with van der Waals surface area (Å²) in [6.07, 6.45) is 0.860. The molecule has 2 N–H and O–H groups in total. The molecule has 0 saturated heterocycles. The fraction of sp³-hybridized carbons (Fsp3) is 0.429. The van der Waals surface area contributed by atoms with Crippen LogP contribution < -0.4 is 5.73 Å². The van der Waals surface area contributed by atoms with E-state index in [1.54, 1.807) is 4.90 Å². The summed E-state index contributed by atoms with van der Waals surface area (Å²) in [6.45, 7) is 3.59. The largest absolute Gasteiger partial charge is 0.385 e. The Hall–Kier alpha value is -1.88. The second kappa shape index (κ2) is 4.35. The van der Waals surface area contributed by atoms with Crippen molar-refractivity contribution in [2.45, 2.75) is 25.5 Å². The molecule has 1 unspecified atom stereocenters. The van der Waals surface area contributed by atoms with Crippen LogP contribution in [0.2, 0.25) is 0 Å². The van der Waals surface area contributed by atoms with Gasteiger partial charge in [-0.25, -0.2) is 4.79 Å².